The summed E-state index contributed by atoms with van der Waals surface area (Å²) in [5, 5.41) is 9.03. The zero-order chi connectivity index (χ0) is 17.5. The first-order valence-corrected chi connectivity index (χ1v) is 7.36. The van der Waals surface area contributed by atoms with Crippen molar-refractivity contribution in [3.8, 4) is 11.8 Å². The molecule has 2 rings (SSSR count). The van der Waals surface area contributed by atoms with Gasteiger partial charge in [-0.2, -0.15) is 5.26 Å². The molecule has 0 unspecified atom stereocenters. The van der Waals surface area contributed by atoms with Gasteiger partial charge in [-0.25, -0.2) is 0 Å². The number of carbonyl (C=O) groups is 2. The number of carbonyl (C=O) groups excluding carboxylic acids is 2. The predicted octanol–water partition coefficient (Wildman–Crippen LogP) is 3.06. The SMILES string of the molecule is COc1ccc(C(C)=O)cc1CC(=O)OCc1ccccc1C#N. The lowest BCUT2D eigenvalue weighted by Crippen LogP contribution is -2.10. The second-order valence-corrected chi connectivity index (χ2v) is 5.19. The molecule has 5 heteroatoms. The van der Waals surface area contributed by atoms with E-state index in [2.05, 4.69) is 6.07 Å². The number of ether oxygens (including phenoxy) is 2. The average molecular weight is 323 g/mol. The lowest BCUT2D eigenvalue weighted by Gasteiger charge is -2.10. The van der Waals surface area contributed by atoms with E-state index < -0.39 is 5.97 Å². The van der Waals surface area contributed by atoms with Gasteiger partial charge < -0.3 is 9.47 Å². The summed E-state index contributed by atoms with van der Waals surface area (Å²) in [7, 11) is 1.50. The van der Waals surface area contributed by atoms with Crippen molar-refractivity contribution in [3.63, 3.8) is 0 Å². The number of esters is 1. The fourth-order valence-corrected chi connectivity index (χ4v) is 2.26. The van der Waals surface area contributed by atoms with Gasteiger partial charge in [-0.3, -0.25) is 9.59 Å². The van der Waals surface area contributed by atoms with Crippen LogP contribution in [0.4, 0.5) is 0 Å². The molecule has 0 aliphatic carbocycles. The van der Waals surface area contributed by atoms with Crippen LogP contribution in [0.5, 0.6) is 5.75 Å². The van der Waals surface area contributed by atoms with Crippen LogP contribution in [0.25, 0.3) is 0 Å². The highest BCUT2D eigenvalue weighted by Crippen LogP contribution is 2.21. The fourth-order valence-electron chi connectivity index (χ4n) is 2.26. The summed E-state index contributed by atoms with van der Waals surface area (Å²) < 4.78 is 10.5. The van der Waals surface area contributed by atoms with E-state index in [-0.39, 0.29) is 18.8 Å². The average Bonchev–Trinajstić information content (AvgIpc) is 2.60. The van der Waals surface area contributed by atoms with Gasteiger partial charge in [-0.1, -0.05) is 18.2 Å². The maximum absolute atomic E-state index is 12.1. The zero-order valence-electron chi connectivity index (χ0n) is 13.5. The largest absolute Gasteiger partial charge is 0.496 e. The molecule has 5 nitrogen and oxygen atoms in total. The Morgan fingerprint density at radius 2 is 1.88 bits per heavy atom. The molecule has 122 valence electrons. The van der Waals surface area contributed by atoms with Crippen molar-refractivity contribution in [2.75, 3.05) is 7.11 Å². The van der Waals surface area contributed by atoms with E-state index in [4.69, 9.17) is 14.7 Å². The first-order valence-electron chi connectivity index (χ1n) is 7.36. The molecule has 0 aromatic heterocycles. The van der Waals surface area contributed by atoms with Crippen molar-refractivity contribution < 1.29 is 19.1 Å². The smallest absolute Gasteiger partial charge is 0.310 e. The maximum atomic E-state index is 12.1. The van der Waals surface area contributed by atoms with Crippen molar-refractivity contribution in [1.29, 1.82) is 5.26 Å². The highest BCUT2D eigenvalue weighted by atomic mass is 16.5. The van der Waals surface area contributed by atoms with Crippen molar-refractivity contribution in [2.45, 2.75) is 20.0 Å². The fraction of sp³-hybridized carbons (Fsp3) is 0.211. The number of ketones is 1. The molecule has 24 heavy (non-hydrogen) atoms. The molecule has 2 aromatic rings. The van der Waals surface area contributed by atoms with Crippen LogP contribution in [0, 0.1) is 11.3 Å². The van der Waals surface area contributed by atoms with Crippen LogP contribution in [0.2, 0.25) is 0 Å². The van der Waals surface area contributed by atoms with E-state index >= 15 is 0 Å². The van der Waals surface area contributed by atoms with Crippen molar-refractivity contribution in [1.82, 2.24) is 0 Å². The van der Waals surface area contributed by atoms with Crippen LogP contribution < -0.4 is 4.74 Å². The molecule has 0 aliphatic rings. The van der Waals surface area contributed by atoms with Crippen molar-refractivity contribution >= 4 is 11.8 Å². The Morgan fingerprint density at radius 3 is 2.54 bits per heavy atom. The Labute approximate surface area is 140 Å². The van der Waals surface area contributed by atoms with Gasteiger partial charge in [0.15, 0.2) is 5.78 Å². The van der Waals surface area contributed by atoms with Crippen LogP contribution >= 0.6 is 0 Å². The van der Waals surface area contributed by atoms with Gasteiger partial charge in [0.1, 0.15) is 12.4 Å². The highest BCUT2D eigenvalue weighted by Gasteiger charge is 2.13. The second-order valence-electron chi connectivity index (χ2n) is 5.19. The summed E-state index contributed by atoms with van der Waals surface area (Å²) >= 11 is 0. The number of benzene rings is 2. The van der Waals surface area contributed by atoms with Crippen LogP contribution in [-0.4, -0.2) is 18.9 Å². The van der Waals surface area contributed by atoms with Crippen LogP contribution in [0.3, 0.4) is 0 Å². The Morgan fingerprint density at radius 1 is 1.12 bits per heavy atom. The topological polar surface area (TPSA) is 76.4 Å². The van der Waals surface area contributed by atoms with E-state index in [0.29, 0.717) is 28.0 Å². The van der Waals surface area contributed by atoms with Crippen LogP contribution in [0.1, 0.15) is 34.0 Å². The van der Waals surface area contributed by atoms with Gasteiger partial charge in [-0.05, 0) is 31.2 Å². The first kappa shape index (κ1) is 17.2. The van der Waals surface area contributed by atoms with Gasteiger partial charge in [0, 0.05) is 16.7 Å². The number of nitriles is 1. The molecule has 0 spiro atoms. The maximum Gasteiger partial charge on any atom is 0.310 e. The zero-order valence-corrected chi connectivity index (χ0v) is 13.5. The summed E-state index contributed by atoms with van der Waals surface area (Å²) in [4.78, 5) is 23.6. The number of methoxy groups -OCH3 is 1. The standard InChI is InChI=1S/C19H17NO4/c1-13(21)14-7-8-18(23-2)17(9-14)10-19(22)24-12-16-6-4-3-5-15(16)11-20/h3-9H,10,12H2,1-2H3. The molecule has 0 radical (unpaired) electrons. The molecule has 0 saturated heterocycles. The molecule has 0 saturated carbocycles. The Hall–Kier alpha value is -3.13. The molecule has 0 atom stereocenters. The Balaban J connectivity index is 2.08. The number of hydrogen-bond donors (Lipinski definition) is 0. The minimum absolute atomic E-state index is 0.0149. The molecule has 0 fully saturated rings. The molecule has 0 bridgehead atoms. The number of nitrogens with zero attached hydrogens (tertiary/aromatic N) is 1. The van der Waals surface area contributed by atoms with Crippen LogP contribution in [-0.2, 0) is 22.6 Å². The third-order valence-corrected chi connectivity index (χ3v) is 3.55. The lowest BCUT2D eigenvalue weighted by atomic mass is 10.0. The van der Waals surface area contributed by atoms with E-state index in [1.54, 1.807) is 42.5 Å². The van der Waals surface area contributed by atoms with Crippen molar-refractivity contribution in [2.24, 2.45) is 0 Å². The van der Waals surface area contributed by atoms with E-state index in [1.807, 2.05) is 0 Å². The number of Topliss-reactive ketones (excluding diaryl/α,β-unsaturated/α-hetero) is 1. The summed E-state index contributed by atoms with van der Waals surface area (Å²) in [6.45, 7) is 1.49. The predicted molar refractivity (Wildman–Crippen MR) is 87.7 cm³/mol. The van der Waals surface area contributed by atoms with Gasteiger partial charge in [0.05, 0.1) is 25.2 Å². The molecule has 0 N–H and O–H groups in total. The third kappa shape index (κ3) is 4.20. The van der Waals surface area contributed by atoms with Gasteiger partial charge in [0.2, 0.25) is 0 Å². The summed E-state index contributed by atoms with van der Waals surface area (Å²) in [5.74, 6) is -0.0219. The lowest BCUT2D eigenvalue weighted by molar-refractivity contribution is -0.144. The van der Waals surface area contributed by atoms with Gasteiger partial charge in [-0.15, -0.1) is 0 Å². The monoisotopic (exact) mass is 323 g/mol. The molecule has 0 amide bonds. The van der Waals surface area contributed by atoms with Crippen LogP contribution in [0.15, 0.2) is 42.5 Å². The first-order chi connectivity index (χ1) is 11.5. The van der Waals surface area contributed by atoms with Gasteiger partial charge in [0.25, 0.3) is 0 Å². The highest BCUT2D eigenvalue weighted by molar-refractivity contribution is 5.94. The summed E-state index contributed by atoms with van der Waals surface area (Å²) in [6, 6.07) is 13.9. The molecule has 2 aromatic carbocycles. The summed E-state index contributed by atoms with van der Waals surface area (Å²) in [6.07, 6.45) is -0.0149. The molecule has 0 aliphatic heterocycles. The number of rotatable bonds is 6. The number of hydrogen-bond acceptors (Lipinski definition) is 5. The van der Waals surface area contributed by atoms with E-state index in [1.165, 1.54) is 14.0 Å². The third-order valence-electron chi connectivity index (χ3n) is 3.55. The van der Waals surface area contributed by atoms with E-state index in [0.717, 1.165) is 0 Å². The Kier molecular flexibility index (Phi) is 5.69. The Bertz CT molecular complexity index is 805. The van der Waals surface area contributed by atoms with Gasteiger partial charge >= 0.3 is 5.97 Å². The second kappa shape index (κ2) is 7.93. The normalized spacial score (nSPS) is 9.88. The van der Waals surface area contributed by atoms with Crippen molar-refractivity contribution in [3.05, 3.63) is 64.7 Å². The molecule has 0 heterocycles. The molecular formula is C19H17NO4. The molecular weight excluding hydrogens is 306 g/mol. The minimum atomic E-state index is -0.457. The quantitative estimate of drug-likeness (QED) is 0.603. The summed E-state index contributed by atoms with van der Waals surface area (Å²) in [5.41, 5.74) is 2.22. The minimum Gasteiger partial charge on any atom is -0.496 e. The van der Waals surface area contributed by atoms with E-state index in [9.17, 15) is 9.59 Å².